The van der Waals surface area contributed by atoms with E-state index < -0.39 is 5.54 Å². The first kappa shape index (κ1) is 21.8. The molecule has 1 aromatic rings. The molecule has 2 aliphatic heterocycles. The Morgan fingerprint density at radius 3 is 2.61 bits per heavy atom. The molecule has 3 heterocycles. The fourth-order valence-corrected chi connectivity index (χ4v) is 4.71. The molecular weight excluding hydrogens is 398 g/mol. The number of fused-ring (bicyclic) bond motifs is 1. The number of aromatic nitrogens is 2. The van der Waals surface area contributed by atoms with Gasteiger partial charge in [0.15, 0.2) is 5.69 Å². The van der Waals surface area contributed by atoms with Crippen molar-refractivity contribution in [3.05, 3.63) is 17.5 Å². The molecule has 1 aliphatic carbocycles. The highest BCUT2D eigenvalue weighted by Crippen LogP contribution is 2.27. The van der Waals surface area contributed by atoms with Gasteiger partial charge in [0.25, 0.3) is 11.8 Å². The summed E-state index contributed by atoms with van der Waals surface area (Å²) in [6.45, 7) is 3.12. The minimum absolute atomic E-state index is 0.0323. The summed E-state index contributed by atoms with van der Waals surface area (Å²) in [6, 6.07) is 1.65. The van der Waals surface area contributed by atoms with Crippen LogP contribution >= 0.6 is 0 Å². The van der Waals surface area contributed by atoms with Crippen LogP contribution in [-0.4, -0.2) is 70.3 Å². The molecule has 9 heteroatoms. The van der Waals surface area contributed by atoms with Crippen molar-refractivity contribution in [1.29, 1.82) is 0 Å². The van der Waals surface area contributed by atoms with Crippen LogP contribution in [0.4, 0.5) is 0 Å². The maximum atomic E-state index is 13.2. The zero-order valence-electron chi connectivity index (χ0n) is 18.5. The van der Waals surface area contributed by atoms with E-state index in [9.17, 15) is 14.4 Å². The molecule has 2 fully saturated rings. The molecule has 31 heavy (non-hydrogen) atoms. The van der Waals surface area contributed by atoms with Gasteiger partial charge in [-0.3, -0.25) is 19.1 Å². The van der Waals surface area contributed by atoms with E-state index in [0.29, 0.717) is 12.2 Å². The number of hydrogen-bond acceptors (Lipinski definition) is 5. The van der Waals surface area contributed by atoms with E-state index >= 15 is 0 Å². The van der Waals surface area contributed by atoms with Gasteiger partial charge in [0.2, 0.25) is 5.91 Å². The summed E-state index contributed by atoms with van der Waals surface area (Å²) in [4.78, 5) is 40.3. The van der Waals surface area contributed by atoms with E-state index in [1.54, 1.807) is 14.0 Å². The van der Waals surface area contributed by atoms with Crippen molar-refractivity contribution in [2.75, 3.05) is 20.2 Å². The quantitative estimate of drug-likeness (QED) is 0.687. The first-order valence-corrected chi connectivity index (χ1v) is 11.5. The Labute approximate surface area is 182 Å². The summed E-state index contributed by atoms with van der Waals surface area (Å²) in [5, 5.41) is 10.4. The second-order valence-electron chi connectivity index (χ2n) is 9.22. The molecule has 1 aromatic heterocycles. The molecule has 0 spiro atoms. The third-order valence-corrected chi connectivity index (χ3v) is 6.93. The summed E-state index contributed by atoms with van der Waals surface area (Å²) in [5.41, 5.74) is -0.555. The van der Waals surface area contributed by atoms with Gasteiger partial charge in [-0.2, -0.15) is 5.10 Å². The van der Waals surface area contributed by atoms with Crippen LogP contribution in [0.5, 0.6) is 0 Å². The number of amides is 3. The fraction of sp³-hybridized carbons (Fsp3) is 0.727. The maximum Gasteiger partial charge on any atom is 0.272 e. The molecule has 170 valence electrons. The predicted octanol–water partition coefficient (Wildman–Crippen LogP) is 1.48. The molecule has 2 unspecified atom stereocenters. The van der Waals surface area contributed by atoms with Crippen LogP contribution in [0.3, 0.4) is 0 Å². The Kier molecular flexibility index (Phi) is 6.31. The lowest BCUT2D eigenvalue weighted by Crippen LogP contribution is -2.63. The highest BCUT2D eigenvalue weighted by atomic mass is 16.5. The van der Waals surface area contributed by atoms with Crippen LogP contribution < -0.4 is 10.6 Å². The molecule has 0 aromatic carbocycles. The molecule has 3 aliphatic rings. The van der Waals surface area contributed by atoms with Gasteiger partial charge in [-0.05, 0) is 32.6 Å². The summed E-state index contributed by atoms with van der Waals surface area (Å²) in [7, 11) is 1.64. The predicted molar refractivity (Wildman–Crippen MR) is 114 cm³/mol. The molecule has 1 saturated carbocycles. The first-order chi connectivity index (χ1) is 14.9. The zero-order chi connectivity index (χ0) is 22.0. The van der Waals surface area contributed by atoms with E-state index in [2.05, 4.69) is 15.7 Å². The van der Waals surface area contributed by atoms with Gasteiger partial charge in [-0.1, -0.05) is 25.7 Å². The number of hydrogen-bond donors (Lipinski definition) is 2. The largest absolute Gasteiger partial charge is 0.376 e. The van der Waals surface area contributed by atoms with Crippen LogP contribution in [0.2, 0.25) is 0 Å². The van der Waals surface area contributed by atoms with Crippen LogP contribution in [0.1, 0.15) is 79.3 Å². The Morgan fingerprint density at radius 2 is 1.94 bits per heavy atom. The number of nitrogens with zero attached hydrogens (tertiary/aromatic N) is 3. The van der Waals surface area contributed by atoms with E-state index in [4.69, 9.17) is 4.74 Å². The summed E-state index contributed by atoms with van der Waals surface area (Å²) in [5.74, 6) is -0.811. The van der Waals surface area contributed by atoms with Crippen LogP contribution in [0, 0.1) is 0 Å². The molecule has 4 rings (SSSR count). The molecule has 2 N–H and O–H groups in total. The standard InChI is InChI=1S/C22H33N5O4/c1-22(21(30)24-15-8-5-3-4-6-9-15)14-27-18(20(29)26(22)2)12-17(25-27)19(28)23-13-16-10-7-11-31-16/h12,15-16H,3-11,13-14H2,1-2H3,(H,23,28)(H,24,30). The second kappa shape index (κ2) is 8.98. The number of nitrogens with one attached hydrogen (secondary N) is 2. The van der Waals surface area contributed by atoms with Crippen LogP contribution in [-0.2, 0) is 16.1 Å². The van der Waals surface area contributed by atoms with Gasteiger partial charge in [0.05, 0.1) is 12.6 Å². The Balaban J connectivity index is 1.46. The number of carbonyl (C=O) groups excluding carboxylic acids is 3. The van der Waals surface area contributed by atoms with Gasteiger partial charge >= 0.3 is 0 Å². The highest BCUT2D eigenvalue weighted by Gasteiger charge is 2.46. The topological polar surface area (TPSA) is 106 Å². The Bertz CT molecular complexity index is 839. The van der Waals surface area contributed by atoms with E-state index in [1.165, 1.54) is 28.5 Å². The van der Waals surface area contributed by atoms with Crippen molar-refractivity contribution in [2.24, 2.45) is 0 Å². The van der Waals surface area contributed by atoms with Crippen LogP contribution in [0.15, 0.2) is 6.07 Å². The average molecular weight is 432 g/mol. The molecular formula is C22H33N5O4. The summed E-state index contributed by atoms with van der Waals surface area (Å²) >= 11 is 0. The molecule has 3 amide bonds. The molecule has 9 nitrogen and oxygen atoms in total. The highest BCUT2D eigenvalue weighted by molar-refractivity contribution is 6.01. The second-order valence-corrected chi connectivity index (χ2v) is 9.22. The average Bonchev–Trinajstić information content (AvgIpc) is 3.35. The lowest BCUT2D eigenvalue weighted by molar-refractivity contribution is -0.133. The van der Waals surface area contributed by atoms with E-state index in [1.807, 2.05) is 0 Å². The smallest absolute Gasteiger partial charge is 0.272 e. The van der Waals surface area contributed by atoms with Gasteiger partial charge in [0, 0.05) is 32.3 Å². The van der Waals surface area contributed by atoms with E-state index in [-0.39, 0.29) is 42.1 Å². The van der Waals surface area contributed by atoms with Gasteiger partial charge in [0.1, 0.15) is 11.2 Å². The maximum absolute atomic E-state index is 13.2. The molecule has 1 saturated heterocycles. The monoisotopic (exact) mass is 431 g/mol. The summed E-state index contributed by atoms with van der Waals surface area (Å²) < 4.78 is 7.03. The van der Waals surface area contributed by atoms with Crippen molar-refractivity contribution in [1.82, 2.24) is 25.3 Å². The lowest BCUT2D eigenvalue weighted by atomic mass is 9.95. The van der Waals surface area contributed by atoms with Crippen molar-refractivity contribution in [3.8, 4) is 0 Å². The number of rotatable bonds is 5. The van der Waals surface area contributed by atoms with Crippen molar-refractivity contribution < 1.29 is 19.1 Å². The molecule has 0 radical (unpaired) electrons. The molecule has 2 atom stereocenters. The zero-order valence-corrected chi connectivity index (χ0v) is 18.5. The number of likely N-dealkylation sites (N-methyl/N-ethyl adjacent to an activating group) is 1. The molecule has 0 bridgehead atoms. The van der Waals surface area contributed by atoms with Crippen LogP contribution in [0.25, 0.3) is 0 Å². The lowest BCUT2D eigenvalue weighted by Gasteiger charge is -2.41. The summed E-state index contributed by atoms with van der Waals surface area (Å²) in [6.07, 6.45) is 8.55. The third kappa shape index (κ3) is 4.46. The normalized spacial score (nSPS) is 27.0. The number of ether oxygens (including phenoxy) is 1. The first-order valence-electron chi connectivity index (χ1n) is 11.5. The van der Waals surface area contributed by atoms with Crippen molar-refractivity contribution in [3.63, 3.8) is 0 Å². The van der Waals surface area contributed by atoms with E-state index in [0.717, 1.165) is 45.1 Å². The van der Waals surface area contributed by atoms with Crippen molar-refractivity contribution in [2.45, 2.75) is 82.5 Å². The number of carbonyl (C=O) groups is 3. The Morgan fingerprint density at radius 1 is 1.19 bits per heavy atom. The minimum atomic E-state index is -1.06. The minimum Gasteiger partial charge on any atom is -0.376 e. The Hall–Kier alpha value is -2.42. The SMILES string of the molecule is CN1C(=O)c2cc(C(=O)NCC3CCCO3)nn2CC1(C)C(=O)NC1CCCCCC1. The van der Waals surface area contributed by atoms with Gasteiger partial charge in [-0.15, -0.1) is 0 Å². The third-order valence-electron chi connectivity index (χ3n) is 6.93. The fourth-order valence-electron chi connectivity index (χ4n) is 4.71. The van der Waals surface area contributed by atoms with Crippen molar-refractivity contribution >= 4 is 17.7 Å². The van der Waals surface area contributed by atoms with Gasteiger partial charge in [-0.25, -0.2) is 0 Å². The van der Waals surface area contributed by atoms with Gasteiger partial charge < -0.3 is 20.3 Å².